The highest BCUT2D eigenvalue weighted by molar-refractivity contribution is 7.93. The van der Waals surface area contributed by atoms with Crippen LogP contribution in [0.3, 0.4) is 0 Å². The summed E-state index contributed by atoms with van der Waals surface area (Å²) in [5.74, 6) is -0.0929. The Labute approximate surface area is 128 Å². The van der Waals surface area contributed by atoms with E-state index in [2.05, 4.69) is 18.6 Å². The van der Waals surface area contributed by atoms with Gasteiger partial charge < -0.3 is 5.73 Å². The molecule has 11 heteroatoms. The number of hydrogen-bond donors (Lipinski definition) is 2. The molecule has 0 saturated carbocycles. The highest BCUT2D eigenvalue weighted by Crippen LogP contribution is 2.32. The molecule has 0 spiro atoms. The second-order valence-electron chi connectivity index (χ2n) is 4.21. The van der Waals surface area contributed by atoms with Crippen LogP contribution in [0.1, 0.15) is 0 Å². The average molecular weight is 345 g/mol. The third kappa shape index (κ3) is 2.41. The normalized spacial score (nSPS) is 11.9. The zero-order chi connectivity index (χ0) is 15.2. The molecule has 21 heavy (non-hydrogen) atoms. The predicted molar refractivity (Wildman–Crippen MR) is 80.9 cm³/mol. The van der Waals surface area contributed by atoms with Crippen LogP contribution in [-0.4, -0.2) is 26.9 Å². The van der Waals surface area contributed by atoms with Gasteiger partial charge in [-0.05, 0) is 12.1 Å². The molecule has 0 aliphatic heterocycles. The Morgan fingerprint density at radius 2 is 2.14 bits per heavy atom. The van der Waals surface area contributed by atoms with E-state index in [1.54, 1.807) is 19.2 Å². The first kappa shape index (κ1) is 14.0. The summed E-state index contributed by atoms with van der Waals surface area (Å²) in [5.41, 5.74) is 6.72. The van der Waals surface area contributed by atoms with Crippen molar-refractivity contribution >= 4 is 55.9 Å². The lowest BCUT2D eigenvalue weighted by molar-refractivity contribution is 0.601. The molecule has 3 N–H and O–H groups in total. The van der Waals surface area contributed by atoms with Crippen LogP contribution in [0.2, 0.25) is 5.02 Å². The van der Waals surface area contributed by atoms with Crippen LogP contribution < -0.4 is 10.5 Å². The number of fused-ring (bicyclic) bond motifs is 1. The van der Waals surface area contributed by atoms with E-state index in [-0.39, 0.29) is 21.4 Å². The molecule has 0 atom stereocenters. The molecular weight excluding hydrogens is 336 g/mol. The smallest absolute Gasteiger partial charge is 0.267 e. The third-order valence-electron chi connectivity index (χ3n) is 2.73. The molecule has 0 amide bonds. The zero-order valence-corrected chi connectivity index (χ0v) is 13.0. The molecule has 0 saturated heterocycles. The average Bonchev–Trinajstić information content (AvgIpc) is 2.99. The fraction of sp³-hybridized carbons (Fsp3) is 0.100. The van der Waals surface area contributed by atoms with Gasteiger partial charge in [0.15, 0.2) is 5.82 Å². The number of aryl methyl sites for hydroxylation is 1. The van der Waals surface area contributed by atoms with E-state index >= 15 is 0 Å². The number of rotatable bonds is 3. The van der Waals surface area contributed by atoms with Crippen LogP contribution in [0.25, 0.3) is 11.0 Å². The van der Waals surface area contributed by atoms with Crippen molar-refractivity contribution in [2.75, 3.05) is 10.5 Å². The van der Waals surface area contributed by atoms with Gasteiger partial charge >= 0.3 is 0 Å². The second kappa shape index (κ2) is 4.83. The summed E-state index contributed by atoms with van der Waals surface area (Å²) in [7, 11) is -2.34. The van der Waals surface area contributed by atoms with Gasteiger partial charge in [-0.1, -0.05) is 11.6 Å². The van der Waals surface area contributed by atoms with E-state index in [0.29, 0.717) is 11.0 Å². The van der Waals surface area contributed by atoms with Crippen molar-refractivity contribution in [2.45, 2.75) is 4.90 Å². The van der Waals surface area contributed by atoms with Crippen LogP contribution in [0, 0.1) is 0 Å². The molecule has 8 nitrogen and oxygen atoms in total. The minimum Gasteiger partial charge on any atom is -0.381 e. The maximum absolute atomic E-state index is 12.4. The minimum absolute atomic E-state index is 0.0929. The maximum atomic E-state index is 12.4. The predicted octanol–water partition coefficient (Wildman–Crippen LogP) is 1.46. The van der Waals surface area contributed by atoms with E-state index in [4.69, 9.17) is 17.3 Å². The summed E-state index contributed by atoms with van der Waals surface area (Å²) in [6, 6.07) is 3.22. The molecular formula is C10H9ClN6O2S2. The summed E-state index contributed by atoms with van der Waals surface area (Å²) in [6.45, 7) is 0. The Morgan fingerprint density at radius 3 is 2.81 bits per heavy atom. The van der Waals surface area contributed by atoms with Gasteiger partial charge in [-0.25, -0.2) is 8.42 Å². The number of nitrogen functional groups attached to an aromatic ring is 1. The van der Waals surface area contributed by atoms with Gasteiger partial charge in [0.05, 0.1) is 22.4 Å². The van der Waals surface area contributed by atoms with Crippen LogP contribution in [0.15, 0.2) is 23.2 Å². The van der Waals surface area contributed by atoms with Gasteiger partial charge in [0.2, 0.25) is 0 Å². The zero-order valence-electron chi connectivity index (χ0n) is 10.6. The second-order valence-corrected chi connectivity index (χ2v) is 6.80. The van der Waals surface area contributed by atoms with Crippen molar-refractivity contribution in [1.29, 1.82) is 0 Å². The van der Waals surface area contributed by atoms with E-state index < -0.39 is 10.0 Å². The largest absolute Gasteiger partial charge is 0.381 e. The number of nitrogens with two attached hydrogens (primary N) is 1. The summed E-state index contributed by atoms with van der Waals surface area (Å²) < 4.78 is 36.6. The molecule has 110 valence electrons. The number of nitrogens with one attached hydrogen (secondary N) is 1. The monoisotopic (exact) mass is 344 g/mol. The Hall–Kier alpha value is -1.91. The van der Waals surface area contributed by atoms with Gasteiger partial charge in [0, 0.05) is 13.2 Å². The molecule has 3 rings (SSSR count). The molecule has 3 aromatic rings. The number of nitrogens with zero attached hydrogens (tertiary/aromatic N) is 4. The molecule has 0 unspecified atom stereocenters. The molecule has 0 aliphatic rings. The molecule has 2 aromatic heterocycles. The molecule has 0 aliphatic carbocycles. The standard InChI is InChI=1S/C10H9ClN6O2S2/c1-17-4-7(10(12)13-17)21(18,19)16-8-5(11)2-3-6-9(8)15-20-14-6/h2-4,16H,1H3,(H2,12,13). The minimum atomic E-state index is -3.92. The fourth-order valence-corrected chi connectivity index (χ4v) is 3.80. The van der Waals surface area contributed by atoms with Crippen LogP contribution in [0.4, 0.5) is 11.5 Å². The Balaban J connectivity index is 2.11. The number of benzene rings is 1. The topological polar surface area (TPSA) is 116 Å². The quantitative estimate of drug-likeness (QED) is 0.743. The van der Waals surface area contributed by atoms with Gasteiger partial charge in [-0.3, -0.25) is 9.40 Å². The first-order valence-corrected chi connectivity index (χ1v) is 8.20. The van der Waals surface area contributed by atoms with Crippen molar-refractivity contribution in [3.8, 4) is 0 Å². The Kier molecular flexibility index (Phi) is 3.23. The van der Waals surface area contributed by atoms with E-state index in [9.17, 15) is 8.42 Å². The van der Waals surface area contributed by atoms with Gasteiger partial charge in [-0.15, -0.1) is 0 Å². The number of sulfonamides is 1. The van der Waals surface area contributed by atoms with Gasteiger partial charge in [-0.2, -0.15) is 13.8 Å². The Bertz CT molecular complexity index is 932. The van der Waals surface area contributed by atoms with Crippen molar-refractivity contribution < 1.29 is 8.42 Å². The van der Waals surface area contributed by atoms with Crippen LogP contribution >= 0.6 is 23.3 Å². The summed E-state index contributed by atoms with van der Waals surface area (Å²) in [6.07, 6.45) is 1.31. The van der Waals surface area contributed by atoms with E-state index in [1.165, 1.54) is 10.9 Å². The first-order valence-electron chi connectivity index (χ1n) is 5.61. The molecule has 1 aromatic carbocycles. The Morgan fingerprint density at radius 1 is 1.38 bits per heavy atom. The first-order chi connectivity index (χ1) is 9.88. The lowest BCUT2D eigenvalue weighted by Gasteiger charge is -2.08. The van der Waals surface area contributed by atoms with E-state index in [0.717, 1.165) is 11.7 Å². The lowest BCUT2D eigenvalue weighted by atomic mass is 10.3. The van der Waals surface area contributed by atoms with Gasteiger partial charge in [0.1, 0.15) is 15.9 Å². The van der Waals surface area contributed by atoms with Crippen molar-refractivity contribution in [1.82, 2.24) is 18.5 Å². The highest BCUT2D eigenvalue weighted by Gasteiger charge is 2.23. The lowest BCUT2D eigenvalue weighted by Crippen LogP contribution is -2.14. The van der Waals surface area contributed by atoms with Crippen molar-refractivity contribution in [3.63, 3.8) is 0 Å². The fourth-order valence-electron chi connectivity index (χ4n) is 1.80. The molecule has 0 bridgehead atoms. The summed E-state index contributed by atoms with van der Waals surface area (Å²) >= 11 is 7.03. The van der Waals surface area contributed by atoms with Crippen molar-refractivity contribution in [2.24, 2.45) is 7.05 Å². The highest BCUT2D eigenvalue weighted by atomic mass is 35.5. The summed E-state index contributed by atoms with van der Waals surface area (Å²) in [4.78, 5) is -0.124. The third-order valence-corrected chi connectivity index (χ3v) is 4.95. The summed E-state index contributed by atoms with van der Waals surface area (Å²) in [5, 5.41) is 4.03. The molecule has 0 radical (unpaired) electrons. The van der Waals surface area contributed by atoms with Crippen molar-refractivity contribution in [3.05, 3.63) is 23.4 Å². The number of hydrogen-bond acceptors (Lipinski definition) is 7. The molecule has 2 heterocycles. The number of anilines is 2. The SMILES string of the molecule is Cn1cc(S(=O)(=O)Nc2c(Cl)ccc3nsnc23)c(N)n1. The number of halogens is 1. The number of aromatic nitrogens is 4. The van der Waals surface area contributed by atoms with E-state index in [1.807, 2.05) is 0 Å². The molecule has 0 fully saturated rings. The maximum Gasteiger partial charge on any atom is 0.267 e. The van der Waals surface area contributed by atoms with Crippen LogP contribution in [0.5, 0.6) is 0 Å². The van der Waals surface area contributed by atoms with Crippen LogP contribution in [-0.2, 0) is 17.1 Å². The van der Waals surface area contributed by atoms with Gasteiger partial charge in [0.25, 0.3) is 10.0 Å².